The summed E-state index contributed by atoms with van der Waals surface area (Å²) in [6, 6.07) is 14.4. The Morgan fingerprint density at radius 2 is 1.92 bits per heavy atom. The highest BCUT2D eigenvalue weighted by molar-refractivity contribution is 7.13. The number of benzene rings is 2. The highest BCUT2D eigenvalue weighted by Crippen LogP contribution is 2.38. The van der Waals surface area contributed by atoms with Gasteiger partial charge in [0.15, 0.2) is 0 Å². The summed E-state index contributed by atoms with van der Waals surface area (Å²) < 4.78 is 19.7. The second-order valence-corrected chi connectivity index (χ2v) is 6.97. The van der Waals surface area contributed by atoms with E-state index in [0.717, 1.165) is 27.9 Å². The van der Waals surface area contributed by atoms with Gasteiger partial charge in [-0.1, -0.05) is 18.2 Å². The molecule has 0 spiro atoms. The molecule has 0 bridgehead atoms. The zero-order valence-corrected chi connectivity index (χ0v) is 15.3. The Bertz CT molecular complexity index is 952. The maximum absolute atomic E-state index is 14.5. The average molecular weight is 367 g/mol. The molecule has 0 radical (unpaired) electrons. The first-order chi connectivity index (χ1) is 12.7. The molecule has 132 valence electrons. The van der Waals surface area contributed by atoms with Crippen LogP contribution in [0.25, 0.3) is 0 Å². The smallest absolute Gasteiger partial charge is 0.206 e. The first-order valence-electron chi connectivity index (χ1n) is 8.33. The molecular formula is C20H18FN3OS. The second-order valence-electron chi connectivity index (χ2n) is 6.13. The molecule has 0 saturated carbocycles. The summed E-state index contributed by atoms with van der Waals surface area (Å²) in [5.74, 6) is 0.576. The van der Waals surface area contributed by atoms with Gasteiger partial charge in [0.1, 0.15) is 11.6 Å². The highest BCUT2D eigenvalue weighted by Gasteiger charge is 2.33. The number of rotatable bonds is 4. The van der Waals surface area contributed by atoms with Crippen molar-refractivity contribution in [2.75, 3.05) is 12.1 Å². The third-order valence-corrected chi connectivity index (χ3v) is 5.35. The van der Waals surface area contributed by atoms with Gasteiger partial charge in [-0.3, -0.25) is 0 Å². The number of hydrazone groups is 1. The van der Waals surface area contributed by atoms with Gasteiger partial charge in [0.05, 0.1) is 24.6 Å². The van der Waals surface area contributed by atoms with Gasteiger partial charge in [0.25, 0.3) is 0 Å². The zero-order valence-electron chi connectivity index (χ0n) is 14.5. The normalized spacial score (nSPS) is 16.7. The van der Waals surface area contributed by atoms with Crippen LogP contribution in [0.3, 0.4) is 0 Å². The van der Waals surface area contributed by atoms with E-state index < -0.39 is 0 Å². The van der Waals surface area contributed by atoms with Crippen molar-refractivity contribution in [1.29, 1.82) is 0 Å². The summed E-state index contributed by atoms with van der Waals surface area (Å²) in [7, 11) is 1.64. The van der Waals surface area contributed by atoms with Gasteiger partial charge in [-0.15, -0.1) is 11.3 Å². The van der Waals surface area contributed by atoms with Crippen molar-refractivity contribution in [2.24, 2.45) is 5.10 Å². The van der Waals surface area contributed by atoms with Crippen LogP contribution in [-0.4, -0.2) is 17.8 Å². The van der Waals surface area contributed by atoms with E-state index in [1.165, 1.54) is 17.4 Å². The number of hydrogen-bond acceptors (Lipinski definition) is 5. The average Bonchev–Trinajstić information content (AvgIpc) is 3.28. The van der Waals surface area contributed by atoms with Gasteiger partial charge < -0.3 is 4.74 Å². The number of aryl methyl sites for hydroxylation is 1. The minimum absolute atomic E-state index is 0.209. The fourth-order valence-electron chi connectivity index (χ4n) is 3.08. The molecule has 2 heterocycles. The first kappa shape index (κ1) is 16.7. The van der Waals surface area contributed by atoms with Gasteiger partial charge in [0, 0.05) is 17.4 Å². The van der Waals surface area contributed by atoms with Crippen molar-refractivity contribution in [3.8, 4) is 5.75 Å². The van der Waals surface area contributed by atoms with Gasteiger partial charge in [0.2, 0.25) is 5.13 Å². The Labute approximate surface area is 155 Å². The summed E-state index contributed by atoms with van der Waals surface area (Å²) >= 11 is 1.52. The van der Waals surface area contributed by atoms with Crippen molar-refractivity contribution in [3.05, 3.63) is 76.5 Å². The van der Waals surface area contributed by atoms with E-state index in [1.54, 1.807) is 13.2 Å². The molecule has 26 heavy (non-hydrogen) atoms. The quantitative estimate of drug-likeness (QED) is 0.654. The molecule has 3 aromatic rings. The molecule has 4 nitrogen and oxygen atoms in total. The molecule has 1 aliphatic rings. The lowest BCUT2D eigenvalue weighted by Crippen LogP contribution is -2.19. The number of methoxy groups -OCH3 is 1. The third kappa shape index (κ3) is 3.08. The number of nitrogens with zero attached hydrogens (tertiary/aromatic N) is 3. The molecule has 1 atom stereocenters. The molecule has 1 aromatic heterocycles. The maximum atomic E-state index is 14.5. The van der Waals surface area contributed by atoms with E-state index in [9.17, 15) is 4.39 Å². The van der Waals surface area contributed by atoms with Crippen molar-refractivity contribution in [2.45, 2.75) is 19.4 Å². The lowest BCUT2D eigenvalue weighted by molar-refractivity contribution is 0.415. The van der Waals surface area contributed by atoms with Crippen LogP contribution < -0.4 is 9.75 Å². The van der Waals surface area contributed by atoms with E-state index in [-0.39, 0.29) is 11.9 Å². The first-order valence-corrected chi connectivity index (χ1v) is 9.21. The summed E-state index contributed by atoms with van der Waals surface area (Å²) in [4.78, 5) is 4.55. The maximum Gasteiger partial charge on any atom is 0.206 e. The SMILES string of the molecule is COc1ccc(C2=NN(c3nc(C)cs3)C(c3ccccc3F)C2)cc1. The van der Waals surface area contributed by atoms with Crippen LogP contribution in [0.5, 0.6) is 5.75 Å². The predicted molar refractivity (Wildman–Crippen MR) is 103 cm³/mol. The van der Waals surface area contributed by atoms with Crippen LogP contribution in [0.4, 0.5) is 9.52 Å². The minimum atomic E-state index is -0.220. The van der Waals surface area contributed by atoms with E-state index in [1.807, 2.05) is 53.7 Å². The van der Waals surface area contributed by atoms with Crippen molar-refractivity contribution < 1.29 is 9.13 Å². The molecular weight excluding hydrogens is 349 g/mol. The minimum Gasteiger partial charge on any atom is -0.497 e. The standard InChI is InChI=1S/C20H18FN3OS/c1-13-12-26-20(22-13)24-19(16-5-3-4-6-17(16)21)11-18(23-24)14-7-9-15(25-2)10-8-14/h3-10,12,19H,11H2,1-2H3. The number of ether oxygens (including phenoxy) is 1. The van der Waals surface area contributed by atoms with Crippen molar-refractivity contribution in [1.82, 2.24) is 4.98 Å². The lowest BCUT2D eigenvalue weighted by atomic mass is 9.98. The topological polar surface area (TPSA) is 37.7 Å². The summed E-state index contributed by atoms with van der Waals surface area (Å²) in [6.45, 7) is 1.95. The Kier molecular flexibility index (Phi) is 4.42. The molecule has 0 fully saturated rings. The fourth-order valence-corrected chi connectivity index (χ4v) is 3.88. The zero-order chi connectivity index (χ0) is 18.1. The number of aromatic nitrogens is 1. The Hall–Kier alpha value is -2.73. The van der Waals surface area contributed by atoms with Crippen molar-refractivity contribution in [3.63, 3.8) is 0 Å². The molecule has 1 unspecified atom stereocenters. The van der Waals surface area contributed by atoms with Crippen LogP contribution in [0, 0.1) is 12.7 Å². The lowest BCUT2D eigenvalue weighted by Gasteiger charge is -2.21. The molecule has 1 aliphatic heterocycles. The monoisotopic (exact) mass is 367 g/mol. The van der Waals surface area contributed by atoms with Crippen LogP contribution in [-0.2, 0) is 0 Å². The number of halogens is 1. The van der Waals surface area contributed by atoms with Crippen LogP contribution >= 0.6 is 11.3 Å². The van der Waals surface area contributed by atoms with E-state index in [4.69, 9.17) is 9.84 Å². The summed E-state index contributed by atoms with van der Waals surface area (Å²) in [6.07, 6.45) is 0.617. The highest BCUT2D eigenvalue weighted by atomic mass is 32.1. The van der Waals surface area contributed by atoms with Crippen LogP contribution in [0.15, 0.2) is 59.0 Å². The second kappa shape index (κ2) is 6.88. The van der Waals surface area contributed by atoms with E-state index >= 15 is 0 Å². The van der Waals surface area contributed by atoms with Gasteiger partial charge in [-0.05, 0) is 42.8 Å². The van der Waals surface area contributed by atoms with Gasteiger partial charge >= 0.3 is 0 Å². The Balaban J connectivity index is 1.74. The Morgan fingerprint density at radius 1 is 1.15 bits per heavy atom. The largest absolute Gasteiger partial charge is 0.497 e. The Morgan fingerprint density at radius 3 is 2.58 bits per heavy atom. The van der Waals surface area contributed by atoms with Crippen molar-refractivity contribution >= 4 is 22.2 Å². The number of anilines is 1. The van der Waals surface area contributed by atoms with E-state index in [2.05, 4.69) is 4.98 Å². The van der Waals surface area contributed by atoms with Gasteiger partial charge in [-0.2, -0.15) is 5.10 Å². The van der Waals surface area contributed by atoms with Gasteiger partial charge in [-0.25, -0.2) is 14.4 Å². The number of hydrogen-bond donors (Lipinski definition) is 0. The molecule has 2 aromatic carbocycles. The number of thiazole rings is 1. The molecule has 6 heteroatoms. The van der Waals surface area contributed by atoms with Crippen LogP contribution in [0.1, 0.15) is 29.3 Å². The predicted octanol–water partition coefficient (Wildman–Crippen LogP) is 4.95. The summed E-state index contributed by atoms with van der Waals surface area (Å²) in [5.41, 5.74) is 3.48. The van der Waals surface area contributed by atoms with E-state index in [0.29, 0.717) is 12.0 Å². The molecule has 0 amide bonds. The van der Waals surface area contributed by atoms with Crippen LogP contribution in [0.2, 0.25) is 0 Å². The molecule has 0 saturated heterocycles. The third-order valence-electron chi connectivity index (χ3n) is 4.40. The molecule has 0 N–H and O–H groups in total. The molecule has 0 aliphatic carbocycles. The molecule has 4 rings (SSSR count). The summed E-state index contributed by atoms with van der Waals surface area (Å²) in [5, 5.41) is 9.39. The fraction of sp³-hybridized carbons (Fsp3) is 0.200.